The Balaban J connectivity index is 5.22. The predicted octanol–water partition coefficient (Wildman–Crippen LogP) is 26.4. The first-order valence-electron chi connectivity index (χ1n) is 44.6. The lowest BCUT2D eigenvalue weighted by Gasteiger charge is -2.21. The van der Waals surface area contributed by atoms with Crippen LogP contribution < -0.4 is 0 Å². The van der Waals surface area contributed by atoms with Crippen molar-refractivity contribution in [2.45, 2.75) is 483 Å². The fourth-order valence-corrected chi connectivity index (χ4v) is 15.1. The first-order chi connectivity index (χ1) is 51.0. The monoisotopic (exact) mass is 1540 g/mol. The van der Waals surface area contributed by atoms with Crippen LogP contribution in [0.2, 0.25) is 0 Å². The molecule has 0 aromatic carbocycles. The number of ether oxygens (including phenoxy) is 4. The Morgan fingerprint density at radius 3 is 0.648 bits per heavy atom. The number of hydrogen-bond donors (Lipinski definition) is 3. The van der Waals surface area contributed by atoms with Gasteiger partial charge in [-0.1, -0.05) is 413 Å². The number of hydrogen-bond acceptors (Lipinski definition) is 15. The molecule has 19 heteroatoms. The molecule has 624 valence electrons. The number of esters is 4. The normalized spacial score (nSPS) is 13.8. The maximum absolute atomic E-state index is 13.1. The third-order valence-electron chi connectivity index (χ3n) is 20.3. The van der Waals surface area contributed by atoms with Crippen molar-refractivity contribution in [3.05, 3.63) is 0 Å². The highest BCUT2D eigenvalue weighted by atomic mass is 31.2. The Kier molecular flexibility index (Phi) is 77.3. The number of rotatable bonds is 86. The minimum atomic E-state index is -4.97. The SMILES string of the molecule is CCCCCCCCCCCCCCCCCCCCCC(=O)OC[C@H](COP(=O)(O)OC[C@@H](O)COP(=O)(O)OC[C@@H](COC(=O)CCCCCCCCCC(C)C)OC(=O)CCCCCCCCCCCCCCCCCCC)OC(=O)CCCCCCCCCCCCCCCCCCCCC. The number of aliphatic hydroxyl groups excluding tert-OH is 1. The first kappa shape index (κ1) is 103. The molecule has 0 fully saturated rings. The van der Waals surface area contributed by atoms with Crippen LogP contribution in [0, 0.1) is 5.92 Å². The number of aliphatic hydroxyl groups is 1. The van der Waals surface area contributed by atoms with E-state index in [0.29, 0.717) is 31.6 Å². The molecule has 0 aliphatic heterocycles. The Bertz CT molecular complexity index is 2000. The smallest absolute Gasteiger partial charge is 0.462 e. The van der Waals surface area contributed by atoms with E-state index in [1.807, 2.05) is 0 Å². The van der Waals surface area contributed by atoms with Gasteiger partial charge in [0.15, 0.2) is 12.2 Å². The Labute approximate surface area is 645 Å². The molecule has 17 nitrogen and oxygen atoms in total. The minimum Gasteiger partial charge on any atom is -0.462 e. The fraction of sp³-hybridized carbons (Fsp3) is 0.953. The molecule has 0 spiro atoms. The van der Waals surface area contributed by atoms with Crippen molar-refractivity contribution in [1.29, 1.82) is 0 Å². The van der Waals surface area contributed by atoms with Gasteiger partial charge in [-0.05, 0) is 31.6 Å². The largest absolute Gasteiger partial charge is 0.472 e. The van der Waals surface area contributed by atoms with Gasteiger partial charge in [0.2, 0.25) is 0 Å². The molecular weight excluding hydrogens is 1370 g/mol. The summed E-state index contributed by atoms with van der Waals surface area (Å²) in [4.78, 5) is 73.2. The van der Waals surface area contributed by atoms with Gasteiger partial charge in [0.25, 0.3) is 0 Å². The molecule has 0 rings (SSSR count). The summed E-state index contributed by atoms with van der Waals surface area (Å²) in [5, 5.41) is 10.7. The van der Waals surface area contributed by atoms with Gasteiger partial charge in [-0.25, -0.2) is 9.13 Å². The zero-order chi connectivity index (χ0) is 76.9. The molecule has 105 heavy (non-hydrogen) atoms. The molecule has 0 saturated carbocycles. The molecule has 0 aromatic rings. The predicted molar refractivity (Wildman–Crippen MR) is 432 cm³/mol. The highest BCUT2D eigenvalue weighted by Gasteiger charge is 2.30. The molecule has 0 saturated heterocycles. The molecule has 0 amide bonds. The van der Waals surface area contributed by atoms with Gasteiger partial charge in [-0.2, -0.15) is 0 Å². The van der Waals surface area contributed by atoms with E-state index < -0.39 is 97.5 Å². The van der Waals surface area contributed by atoms with Gasteiger partial charge in [0.05, 0.1) is 26.4 Å². The lowest BCUT2D eigenvalue weighted by Crippen LogP contribution is -2.30. The number of carbonyl (C=O) groups is 4. The summed E-state index contributed by atoms with van der Waals surface area (Å²) in [5.74, 6) is -1.40. The third kappa shape index (κ3) is 79.9. The summed E-state index contributed by atoms with van der Waals surface area (Å²) in [5.41, 5.74) is 0. The molecule has 0 aliphatic rings. The average Bonchev–Trinajstić information content (AvgIpc) is 0.933. The highest BCUT2D eigenvalue weighted by Crippen LogP contribution is 2.45. The van der Waals surface area contributed by atoms with E-state index in [-0.39, 0.29) is 25.7 Å². The number of phosphoric ester groups is 2. The summed E-state index contributed by atoms with van der Waals surface area (Å²) in [6.45, 7) is 7.31. The Hall–Kier alpha value is -1.94. The van der Waals surface area contributed by atoms with Crippen LogP contribution in [0.3, 0.4) is 0 Å². The van der Waals surface area contributed by atoms with Crippen LogP contribution in [0.4, 0.5) is 0 Å². The second kappa shape index (κ2) is 78.7. The number of unbranched alkanes of at least 4 members (excludes halogenated alkanes) is 58. The van der Waals surface area contributed by atoms with E-state index in [1.54, 1.807) is 0 Å². The lowest BCUT2D eigenvalue weighted by atomic mass is 10.0. The van der Waals surface area contributed by atoms with Gasteiger partial charge >= 0.3 is 39.5 Å². The second-order valence-electron chi connectivity index (χ2n) is 31.4. The van der Waals surface area contributed by atoms with E-state index in [4.69, 9.17) is 37.0 Å². The highest BCUT2D eigenvalue weighted by molar-refractivity contribution is 7.47. The van der Waals surface area contributed by atoms with Crippen LogP contribution in [0.5, 0.6) is 0 Å². The molecule has 3 N–H and O–H groups in total. The van der Waals surface area contributed by atoms with Crippen molar-refractivity contribution in [3.8, 4) is 0 Å². The summed E-state index contributed by atoms with van der Waals surface area (Å²) in [6, 6.07) is 0. The summed E-state index contributed by atoms with van der Waals surface area (Å²) < 4.78 is 68.9. The van der Waals surface area contributed by atoms with Crippen LogP contribution in [0.15, 0.2) is 0 Å². The van der Waals surface area contributed by atoms with Crippen molar-refractivity contribution < 1.29 is 80.2 Å². The van der Waals surface area contributed by atoms with E-state index in [9.17, 15) is 43.2 Å². The molecule has 0 radical (unpaired) electrons. The first-order valence-corrected chi connectivity index (χ1v) is 47.6. The van der Waals surface area contributed by atoms with Crippen LogP contribution >= 0.6 is 15.6 Å². The maximum Gasteiger partial charge on any atom is 0.472 e. The van der Waals surface area contributed by atoms with Gasteiger partial charge < -0.3 is 33.8 Å². The second-order valence-corrected chi connectivity index (χ2v) is 34.3. The third-order valence-corrected chi connectivity index (χ3v) is 22.2. The molecule has 0 heterocycles. The van der Waals surface area contributed by atoms with E-state index in [1.165, 1.54) is 283 Å². The molecule has 0 aliphatic carbocycles. The van der Waals surface area contributed by atoms with Crippen LogP contribution in [0.25, 0.3) is 0 Å². The minimum absolute atomic E-state index is 0.108. The molecule has 5 atom stereocenters. The van der Waals surface area contributed by atoms with Crippen molar-refractivity contribution >= 4 is 39.5 Å². The van der Waals surface area contributed by atoms with E-state index >= 15 is 0 Å². The summed E-state index contributed by atoms with van der Waals surface area (Å²) >= 11 is 0. The van der Waals surface area contributed by atoms with Gasteiger partial charge in [-0.15, -0.1) is 0 Å². The van der Waals surface area contributed by atoms with Crippen LogP contribution in [-0.4, -0.2) is 96.7 Å². The van der Waals surface area contributed by atoms with Crippen LogP contribution in [-0.2, 0) is 65.4 Å². The van der Waals surface area contributed by atoms with Gasteiger partial charge in [-0.3, -0.25) is 37.3 Å². The van der Waals surface area contributed by atoms with Crippen LogP contribution in [0.1, 0.15) is 465 Å². The maximum atomic E-state index is 13.1. The van der Waals surface area contributed by atoms with Gasteiger partial charge in [0.1, 0.15) is 19.3 Å². The average molecular weight is 1540 g/mol. The fourth-order valence-electron chi connectivity index (χ4n) is 13.5. The van der Waals surface area contributed by atoms with Crippen molar-refractivity contribution in [3.63, 3.8) is 0 Å². The zero-order valence-electron chi connectivity index (χ0n) is 68.9. The summed E-state index contributed by atoms with van der Waals surface area (Å²) in [6.07, 6.45) is 72.3. The topological polar surface area (TPSA) is 237 Å². The summed E-state index contributed by atoms with van der Waals surface area (Å²) in [7, 11) is -9.93. The molecule has 2 unspecified atom stereocenters. The van der Waals surface area contributed by atoms with Crippen molar-refractivity contribution in [1.82, 2.24) is 0 Å². The standard InChI is InChI=1S/C86H168O17P2/c1-6-9-12-15-18-21-24-27-30-33-35-38-40-43-46-49-54-59-64-69-83(88)96-75-81(102-85(90)71-67-62-56-51-48-45-42-39-36-34-31-28-25-22-19-16-13-10-7-2)77-100-104(92,93)98-73-80(87)74-99-105(94,95)101-78-82(76-97-84(89)70-65-60-57-52-53-58-63-68-79(4)5)103-86(91)72-66-61-55-50-47-44-41-37-32-29-26-23-20-17-14-11-8-3/h79-82,87H,6-78H2,1-5H3,(H,92,93)(H,94,95)/t80-,81-,82-/m1/s1. The van der Waals surface area contributed by atoms with E-state index in [2.05, 4.69) is 34.6 Å². The zero-order valence-corrected chi connectivity index (χ0v) is 70.7. The molecular formula is C86H168O17P2. The number of carbonyl (C=O) groups excluding carboxylic acids is 4. The lowest BCUT2D eigenvalue weighted by molar-refractivity contribution is -0.161. The van der Waals surface area contributed by atoms with Crippen molar-refractivity contribution in [2.75, 3.05) is 39.6 Å². The van der Waals surface area contributed by atoms with E-state index in [0.717, 1.165) is 96.3 Å². The molecule has 0 bridgehead atoms. The van der Waals surface area contributed by atoms with Crippen molar-refractivity contribution in [2.24, 2.45) is 5.92 Å². The molecule has 0 aromatic heterocycles. The van der Waals surface area contributed by atoms with Gasteiger partial charge in [0, 0.05) is 25.7 Å². The Morgan fingerprint density at radius 2 is 0.438 bits per heavy atom. The number of phosphoric acid groups is 2. The Morgan fingerprint density at radius 1 is 0.257 bits per heavy atom. The quantitative estimate of drug-likeness (QED) is 0.0222.